The number of cyclic esters (lactones) is 1. The van der Waals surface area contributed by atoms with Crippen LogP contribution in [0.2, 0.25) is 0 Å². The minimum atomic E-state index is -0.730. The van der Waals surface area contributed by atoms with Crippen molar-refractivity contribution in [1.29, 1.82) is 0 Å². The number of fused-ring (bicyclic) bond motifs is 1. The van der Waals surface area contributed by atoms with Gasteiger partial charge in [-0.25, -0.2) is 4.79 Å². The van der Waals surface area contributed by atoms with Gasteiger partial charge in [-0.1, -0.05) is 49.0 Å². The number of rotatable bonds is 2. The van der Waals surface area contributed by atoms with Crippen molar-refractivity contribution >= 4 is 28.1 Å². The van der Waals surface area contributed by atoms with E-state index in [-0.39, 0.29) is 5.97 Å². The van der Waals surface area contributed by atoms with E-state index in [4.69, 9.17) is 4.74 Å². The fraction of sp³-hybridized carbons (Fsp3) is 0.105. The van der Waals surface area contributed by atoms with Gasteiger partial charge in [-0.2, -0.15) is 0 Å². The highest BCUT2D eigenvalue weighted by Crippen LogP contribution is 2.46. The fourth-order valence-electron chi connectivity index (χ4n) is 3.03. The second-order valence-corrected chi connectivity index (χ2v) is 6.48. The zero-order chi connectivity index (χ0) is 15.2. The first kappa shape index (κ1) is 13.3. The van der Waals surface area contributed by atoms with Gasteiger partial charge in [0.2, 0.25) is 0 Å². The van der Waals surface area contributed by atoms with Gasteiger partial charge in [-0.05, 0) is 28.3 Å². The lowest BCUT2D eigenvalue weighted by molar-refractivity contribution is -0.143. The molecule has 2 nitrogen and oxygen atoms in total. The van der Waals surface area contributed by atoms with Crippen LogP contribution in [-0.4, -0.2) is 5.97 Å². The molecule has 0 bridgehead atoms. The van der Waals surface area contributed by atoms with E-state index in [9.17, 15) is 4.79 Å². The molecule has 0 N–H and O–H groups in total. The summed E-state index contributed by atoms with van der Waals surface area (Å²) < 4.78 is 5.81. The number of esters is 1. The third kappa shape index (κ3) is 1.90. The van der Waals surface area contributed by atoms with Gasteiger partial charge in [0.05, 0.1) is 4.88 Å². The van der Waals surface area contributed by atoms with Crippen LogP contribution < -0.4 is 0 Å². The summed E-state index contributed by atoms with van der Waals surface area (Å²) in [6.45, 7) is 3.86. The molecule has 0 radical (unpaired) electrons. The summed E-state index contributed by atoms with van der Waals surface area (Å²) in [7, 11) is 0. The van der Waals surface area contributed by atoms with Crippen LogP contribution in [0.4, 0.5) is 0 Å². The Labute approximate surface area is 132 Å². The van der Waals surface area contributed by atoms with Crippen LogP contribution in [0.25, 0.3) is 10.8 Å². The summed E-state index contributed by atoms with van der Waals surface area (Å²) >= 11 is 1.61. The molecule has 108 valence electrons. The molecule has 3 aromatic rings. The molecule has 3 heteroatoms. The Morgan fingerprint density at radius 3 is 2.55 bits per heavy atom. The van der Waals surface area contributed by atoms with E-state index in [1.165, 1.54) is 5.39 Å². The smallest absolute Gasteiger partial charge is 0.334 e. The molecule has 1 unspecified atom stereocenters. The quantitative estimate of drug-likeness (QED) is 0.509. The van der Waals surface area contributed by atoms with E-state index >= 15 is 0 Å². The maximum atomic E-state index is 12.0. The molecule has 0 aliphatic carbocycles. The van der Waals surface area contributed by atoms with Crippen molar-refractivity contribution in [3.8, 4) is 0 Å². The van der Waals surface area contributed by atoms with E-state index in [2.05, 4.69) is 30.8 Å². The average Bonchev–Trinajstić information content (AvgIpc) is 3.17. The molecular weight excluding hydrogens is 292 g/mol. The van der Waals surface area contributed by atoms with Crippen LogP contribution in [0.3, 0.4) is 0 Å². The number of thiophene rings is 1. The van der Waals surface area contributed by atoms with Gasteiger partial charge in [-0.3, -0.25) is 0 Å². The van der Waals surface area contributed by atoms with Gasteiger partial charge in [-0.15, -0.1) is 11.3 Å². The Bertz CT molecular complexity index is 861. The lowest BCUT2D eigenvalue weighted by Gasteiger charge is -2.27. The van der Waals surface area contributed by atoms with Gasteiger partial charge >= 0.3 is 5.97 Å². The lowest BCUT2D eigenvalue weighted by atomic mass is 9.87. The Morgan fingerprint density at radius 1 is 1.05 bits per heavy atom. The van der Waals surface area contributed by atoms with Crippen LogP contribution >= 0.6 is 11.3 Å². The van der Waals surface area contributed by atoms with E-state index in [0.717, 1.165) is 15.8 Å². The maximum absolute atomic E-state index is 12.0. The number of carbonyl (C=O) groups is 1. The van der Waals surface area contributed by atoms with Crippen LogP contribution in [0.1, 0.15) is 16.9 Å². The first-order chi connectivity index (χ1) is 10.7. The van der Waals surface area contributed by atoms with Crippen LogP contribution in [0.15, 0.2) is 72.1 Å². The monoisotopic (exact) mass is 306 g/mol. The van der Waals surface area contributed by atoms with Crippen LogP contribution in [0, 0.1) is 0 Å². The molecule has 2 aromatic carbocycles. The summed E-state index contributed by atoms with van der Waals surface area (Å²) in [6.07, 6.45) is 0.505. The summed E-state index contributed by atoms with van der Waals surface area (Å²) in [5.41, 5.74) is 0.800. The lowest BCUT2D eigenvalue weighted by Crippen LogP contribution is -2.26. The number of carbonyl (C=O) groups excluding carboxylic acids is 1. The van der Waals surface area contributed by atoms with Crippen molar-refractivity contribution in [2.24, 2.45) is 0 Å². The predicted molar refractivity (Wildman–Crippen MR) is 88.9 cm³/mol. The first-order valence-electron chi connectivity index (χ1n) is 7.13. The van der Waals surface area contributed by atoms with Crippen molar-refractivity contribution < 1.29 is 9.53 Å². The molecule has 1 aliphatic heterocycles. The van der Waals surface area contributed by atoms with E-state index in [0.29, 0.717) is 12.0 Å². The minimum Gasteiger partial charge on any atom is -0.445 e. The Hall–Kier alpha value is -2.39. The fourth-order valence-corrected chi connectivity index (χ4v) is 3.91. The highest BCUT2D eigenvalue weighted by molar-refractivity contribution is 7.10. The zero-order valence-corrected chi connectivity index (χ0v) is 12.7. The third-order valence-corrected chi connectivity index (χ3v) is 5.17. The molecule has 0 spiro atoms. The third-order valence-electron chi connectivity index (χ3n) is 4.15. The molecule has 1 aromatic heterocycles. The van der Waals surface area contributed by atoms with Crippen LogP contribution in [0.5, 0.6) is 0 Å². The number of hydrogen-bond acceptors (Lipinski definition) is 3. The van der Waals surface area contributed by atoms with Gasteiger partial charge in [0.1, 0.15) is 0 Å². The number of hydrogen-bond donors (Lipinski definition) is 0. The summed E-state index contributed by atoms with van der Waals surface area (Å²) in [5.74, 6) is -0.304. The molecular formula is C19H14O2S. The summed E-state index contributed by atoms with van der Waals surface area (Å²) in [4.78, 5) is 13.0. The second kappa shape index (κ2) is 4.82. The minimum absolute atomic E-state index is 0.304. The highest BCUT2D eigenvalue weighted by atomic mass is 32.1. The van der Waals surface area contributed by atoms with E-state index in [1.807, 2.05) is 35.7 Å². The molecule has 2 heterocycles. The molecule has 0 saturated carbocycles. The van der Waals surface area contributed by atoms with Crippen LogP contribution in [-0.2, 0) is 15.1 Å². The Kier molecular flexibility index (Phi) is 2.91. The van der Waals surface area contributed by atoms with Crippen molar-refractivity contribution in [1.82, 2.24) is 0 Å². The van der Waals surface area contributed by atoms with Crippen molar-refractivity contribution in [2.75, 3.05) is 0 Å². The zero-order valence-electron chi connectivity index (χ0n) is 11.9. The van der Waals surface area contributed by atoms with Crippen molar-refractivity contribution in [3.63, 3.8) is 0 Å². The largest absolute Gasteiger partial charge is 0.445 e. The molecule has 0 amide bonds. The van der Waals surface area contributed by atoms with Gasteiger partial charge in [0.25, 0.3) is 0 Å². The Morgan fingerprint density at radius 2 is 1.86 bits per heavy atom. The maximum Gasteiger partial charge on any atom is 0.334 e. The normalized spacial score (nSPS) is 21.3. The number of ether oxygens (including phenoxy) is 1. The second-order valence-electron chi connectivity index (χ2n) is 5.54. The SMILES string of the molecule is C=C1CC(c2ccc3ccccc3c2)(c2cccs2)OC1=O. The van der Waals surface area contributed by atoms with Gasteiger partial charge < -0.3 is 4.74 Å². The molecule has 1 fully saturated rings. The van der Waals surface area contributed by atoms with Gasteiger partial charge in [0.15, 0.2) is 5.60 Å². The molecule has 22 heavy (non-hydrogen) atoms. The topological polar surface area (TPSA) is 26.3 Å². The predicted octanol–water partition coefficient (Wildman–Crippen LogP) is 4.65. The molecule has 1 saturated heterocycles. The summed E-state index contributed by atoms with van der Waals surface area (Å²) in [6, 6.07) is 18.4. The highest BCUT2D eigenvalue weighted by Gasteiger charge is 2.46. The molecule has 1 atom stereocenters. The van der Waals surface area contributed by atoms with Gasteiger partial charge in [0, 0.05) is 17.6 Å². The van der Waals surface area contributed by atoms with Crippen molar-refractivity contribution in [3.05, 3.63) is 82.6 Å². The Balaban J connectivity index is 1.94. The molecule has 1 aliphatic rings. The van der Waals surface area contributed by atoms with Crippen molar-refractivity contribution in [2.45, 2.75) is 12.0 Å². The first-order valence-corrected chi connectivity index (χ1v) is 8.01. The van der Waals surface area contributed by atoms with E-state index in [1.54, 1.807) is 11.3 Å². The summed E-state index contributed by atoms with van der Waals surface area (Å²) in [5, 5.41) is 4.33. The molecule has 4 rings (SSSR count). The number of benzene rings is 2. The van der Waals surface area contributed by atoms with E-state index < -0.39 is 5.60 Å². The standard InChI is InChI=1S/C19H14O2S/c1-13-12-19(21-18(13)20,17-7-4-10-22-17)16-9-8-14-5-2-3-6-15(14)11-16/h2-11H,1,12H2. The average molecular weight is 306 g/mol.